The Morgan fingerprint density at radius 2 is 1.69 bits per heavy atom. The van der Waals surface area contributed by atoms with Crippen LogP contribution in [0, 0.1) is 0 Å². The summed E-state index contributed by atoms with van der Waals surface area (Å²) in [5, 5.41) is 0. The molecule has 0 aliphatic rings. The first-order valence-electron chi connectivity index (χ1n) is 4.33. The van der Waals surface area contributed by atoms with Crippen molar-refractivity contribution in [2.45, 2.75) is 0 Å². The van der Waals surface area contributed by atoms with Crippen LogP contribution in [0.5, 0.6) is 0 Å². The Bertz CT molecular complexity index is 381. The molecule has 2 aromatic rings. The van der Waals surface area contributed by atoms with Gasteiger partial charge in [-0.05, 0) is 17.2 Å². The first-order valence-corrected chi connectivity index (χ1v) is 4.33. The normalized spacial score (nSPS) is 9.85. The molecule has 62 valence electrons. The van der Waals surface area contributed by atoms with Gasteiger partial charge in [-0.1, -0.05) is 35.8 Å². The van der Waals surface area contributed by atoms with Gasteiger partial charge in [-0.3, -0.25) is 4.98 Å². The van der Waals surface area contributed by atoms with Gasteiger partial charge in [0.1, 0.15) is 7.85 Å². The highest BCUT2D eigenvalue weighted by atomic mass is 14.6. The molecule has 13 heavy (non-hydrogen) atoms. The minimum absolute atomic E-state index is 1.17. The van der Waals surface area contributed by atoms with Gasteiger partial charge in [0.2, 0.25) is 0 Å². The topological polar surface area (TPSA) is 12.9 Å². The molecule has 0 N–H and O–H groups in total. The van der Waals surface area contributed by atoms with Crippen LogP contribution in [0.3, 0.4) is 0 Å². The van der Waals surface area contributed by atoms with Gasteiger partial charge in [0.15, 0.2) is 0 Å². The molecule has 0 fully saturated rings. The first-order chi connectivity index (χ1) is 6.36. The minimum atomic E-state index is 1.17. The minimum Gasteiger partial charge on any atom is -0.264 e. The Morgan fingerprint density at radius 1 is 0.923 bits per heavy atom. The van der Waals surface area contributed by atoms with Crippen LogP contribution in [0.1, 0.15) is 0 Å². The van der Waals surface area contributed by atoms with Crippen molar-refractivity contribution in [1.82, 2.24) is 4.98 Å². The van der Waals surface area contributed by atoms with Crippen molar-refractivity contribution < 1.29 is 0 Å². The highest BCUT2D eigenvalue weighted by molar-refractivity contribution is 6.32. The SMILES string of the molecule is Bc1ccc(-c2cccnc2)cc1. The summed E-state index contributed by atoms with van der Waals surface area (Å²) >= 11 is 0. The van der Waals surface area contributed by atoms with Crippen LogP contribution in [0.2, 0.25) is 0 Å². The molecule has 0 spiro atoms. The van der Waals surface area contributed by atoms with Crippen molar-refractivity contribution in [3.8, 4) is 11.1 Å². The fourth-order valence-electron chi connectivity index (χ4n) is 1.28. The van der Waals surface area contributed by atoms with Crippen LogP contribution < -0.4 is 5.46 Å². The maximum atomic E-state index is 4.08. The van der Waals surface area contributed by atoms with Gasteiger partial charge in [0.25, 0.3) is 0 Å². The Kier molecular flexibility index (Phi) is 2.13. The van der Waals surface area contributed by atoms with E-state index in [4.69, 9.17) is 0 Å². The summed E-state index contributed by atoms with van der Waals surface area (Å²) < 4.78 is 0. The van der Waals surface area contributed by atoms with Gasteiger partial charge in [-0.25, -0.2) is 0 Å². The van der Waals surface area contributed by atoms with E-state index in [2.05, 4.69) is 43.2 Å². The molecule has 0 saturated carbocycles. The van der Waals surface area contributed by atoms with E-state index in [1.165, 1.54) is 16.6 Å². The van der Waals surface area contributed by atoms with Crippen LogP contribution in [-0.2, 0) is 0 Å². The van der Waals surface area contributed by atoms with Gasteiger partial charge in [-0.15, -0.1) is 0 Å². The molecule has 1 heterocycles. The van der Waals surface area contributed by atoms with Crippen LogP contribution >= 0.6 is 0 Å². The third kappa shape index (κ3) is 1.78. The van der Waals surface area contributed by atoms with Crippen molar-refractivity contribution in [3.63, 3.8) is 0 Å². The largest absolute Gasteiger partial charge is 0.264 e. The Morgan fingerprint density at radius 3 is 2.31 bits per heavy atom. The fourth-order valence-corrected chi connectivity index (χ4v) is 1.28. The van der Waals surface area contributed by atoms with Crippen LogP contribution in [0.4, 0.5) is 0 Å². The lowest BCUT2D eigenvalue weighted by molar-refractivity contribution is 1.33. The predicted molar refractivity (Wildman–Crippen MR) is 57.9 cm³/mol. The lowest BCUT2D eigenvalue weighted by Gasteiger charge is -2.00. The molecule has 0 amide bonds. The number of aromatic nitrogens is 1. The third-order valence-electron chi connectivity index (χ3n) is 2.05. The second-order valence-corrected chi connectivity index (χ2v) is 3.11. The van der Waals surface area contributed by atoms with Crippen molar-refractivity contribution in [3.05, 3.63) is 48.8 Å². The van der Waals surface area contributed by atoms with Crippen LogP contribution in [-0.4, -0.2) is 12.8 Å². The number of nitrogens with zero attached hydrogens (tertiary/aromatic N) is 1. The van der Waals surface area contributed by atoms with Crippen LogP contribution in [0.15, 0.2) is 48.8 Å². The Balaban J connectivity index is 2.42. The van der Waals surface area contributed by atoms with Gasteiger partial charge < -0.3 is 0 Å². The second kappa shape index (κ2) is 3.44. The fraction of sp³-hybridized carbons (Fsp3) is 0. The molecule has 2 rings (SSSR count). The van der Waals surface area contributed by atoms with E-state index in [1.807, 2.05) is 12.3 Å². The molecule has 0 saturated heterocycles. The smallest absolute Gasteiger partial charge is 0.139 e. The number of pyridine rings is 1. The summed E-state index contributed by atoms with van der Waals surface area (Å²) in [5.41, 5.74) is 3.67. The van der Waals surface area contributed by atoms with E-state index in [0.29, 0.717) is 0 Å². The number of hydrogen-bond donors (Lipinski definition) is 0. The van der Waals surface area contributed by atoms with Gasteiger partial charge in [-0.2, -0.15) is 0 Å². The standard InChI is InChI=1S/C11H10BN/c12-11-5-3-9(4-6-11)10-2-1-7-13-8-10/h1-8H,12H2. The van der Waals surface area contributed by atoms with Gasteiger partial charge in [0.05, 0.1) is 0 Å². The first kappa shape index (κ1) is 8.05. The Labute approximate surface area is 78.9 Å². The molecule has 0 aliphatic heterocycles. The average molecular weight is 167 g/mol. The zero-order chi connectivity index (χ0) is 9.10. The number of rotatable bonds is 1. The summed E-state index contributed by atoms with van der Waals surface area (Å²) in [6, 6.07) is 12.5. The highest BCUT2D eigenvalue weighted by Crippen LogP contribution is 2.15. The molecule has 1 aromatic carbocycles. The molecule has 0 unspecified atom stereocenters. The summed E-state index contributed by atoms with van der Waals surface area (Å²) in [6.45, 7) is 0. The van der Waals surface area contributed by atoms with E-state index >= 15 is 0 Å². The number of benzene rings is 1. The summed E-state index contributed by atoms with van der Waals surface area (Å²) in [5.74, 6) is 0. The molecule has 2 heteroatoms. The maximum absolute atomic E-state index is 4.08. The Hall–Kier alpha value is -1.57. The average Bonchev–Trinajstić information content (AvgIpc) is 2.20. The second-order valence-electron chi connectivity index (χ2n) is 3.11. The lowest BCUT2D eigenvalue weighted by Crippen LogP contribution is -1.99. The van der Waals surface area contributed by atoms with Crippen molar-refractivity contribution in [2.75, 3.05) is 0 Å². The molecular formula is C11H10BN. The molecule has 0 aliphatic carbocycles. The van der Waals surface area contributed by atoms with Crippen molar-refractivity contribution in [1.29, 1.82) is 0 Å². The molecule has 1 aromatic heterocycles. The summed E-state index contributed by atoms with van der Waals surface area (Å²) in [7, 11) is 2.09. The van der Waals surface area contributed by atoms with E-state index in [1.54, 1.807) is 6.20 Å². The number of hydrogen-bond acceptors (Lipinski definition) is 1. The molecule has 0 bridgehead atoms. The van der Waals surface area contributed by atoms with E-state index in [9.17, 15) is 0 Å². The van der Waals surface area contributed by atoms with Crippen LogP contribution in [0.25, 0.3) is 11.1 Å². The summed E-state index contributed by atoms with van der Waals surface area (Å²) in [4.78, 5) is 4.08. The molecule has 0 radical (unpaired) electrons. The van der Waals surface area contributed by atoms with Gasteiger partial charge >= 0.3 is 0 Å². The van der Waals surface area contributed by atoms with E-state index < -0.39 is 0 Å². The van der Waals surface area contributed by atoms with E-state index in [-0.39, 0.29) is 0 Å². The van der Waals surface area contributed by atoms with Crippen molar-refractivity contribution >= 4 is 13.3 Å². The predicted octanol–water partition coefficient (Wildman–Crippen LogP) is 1.01. The van der Waals surface area contributed by atoms with Crippen molar-refractivity contribution in [2.24, 2.45) is 0 Å². The van der Waals surface area contributed by atoms with E-state index in [0.717, 1.165) is 0 Å². The third-order valence-corrected chi connectivity index (χ3v) is 2.05. The summed E-state index contributed by atoms with van der Waals surface area (Å²) in [6.07, 6.45) is 3.67. The lowest BCUT2D eigenvalue weighted by atomic mass is 9.94. The molecular weight excluding hydrogens is 157 g/mol. The zero-order valence-corrected chi connectivity index (χ0v) is 7.57. The zero-order valence-electron chi connectivity index (χ0n) is 7.57. The quantitative estimate of drug-likeness (QED) is 0.577. The maximum Gasteiger partial charge on any atom is 0.139 e. The monoisotopic (exact) mass is 167 g/mol. The highest BCUT2D eigenvalue weighted by Gasteiger charge is 1.94. The molecule has 1 nitrogen and oxygen atoms in total. The molecule has 0 atom stereocenters. The van der Waals surface area contributed by atoms with Gasteiger partial charge in [0, 0.05) is 12.4 Å².